The molecule has 0 spiro atoms. The number of rotatable bonds is 4. The van der Waals surface area contributed by atoms with Crippen molar-refractivity contribution in [1.82, 2.24) is 15.5 Å². The van der Waals surface area contributed by atoms with Crippen molar-refractivity contribution in [1.29, 1.82) is 0 Å². The lowest BCUT2D eigenvalue weighted by atomic mass is 10.1. The summed E-state index contributed by atoms with van der Waals surface area (Å²) in [6.45, 7) is 8.27. The first-order valence-electron chi connectivity index (χ1n) is 6.57. The van der Waals surface area contributed by atoms with Crippen molar-refractivity contribution in [3.8, 4) is 0 Å². The van der Waals surface area contributed by atoms with Gasteiger partial charge in [-0.05, 0) is 13.3 Å². The Hall–Kier alpha value is -0.650. The van der Waals surface area contributed by atoms with Crippen molar-refractivity contribution in [2.75, 3.05) is 45.9 Å². The van der Waals surface area contributed by atoms with Crippen LogP contribution in [-0.2, 0) is 9.53 Å². The molecule has 5 nitrogen and oxygen atoms in total. The topological polar surface area (TPSA) is 53.6 Å². The van der Waals surface area contributed by atoms with Crippen LogP contribution < -0.4 is 10.6 Å². The molecule has 2 aliphatic heterocycles. The Morgan fingerprint density at radius 1 is 1.53 bits per heavy atom. The number of piperazine rings is 1. The molecule has 2 unspecified atom stereocenters. The van der Waals surface area contributed by atoms with Crippen LogP contribution in [0.25, 0.3) is 0 Å². The number of amides is 1. The fourth-order valence-corrected chi connectivity index (χ4v) is 2.37. The van der Waals surface area contributed by atoms with E-state index in [1.807, 2.05) is 6.92 Å². The molecule has 1 amide bonds. The number of carbonyl (C=O) groups is 1. The lowest BCUT2D eigenvalue weighted by Crippen LogP contribution is -2.53. The molecule has 0 bridgehead atoms. The second kappa shape index (κ2) is 6.33. The van der Waals surface area contributed by atoms with Crippen LogP contribution in [0.3, 0.4) is 0 Å². The van der Waals surface area contributed by atoms with Crippen molar-refractivity contribution < 1.29 is 9.53 Å². The Balaban J connectivity index is 1.70. The van der Waals surface area contributed by atoms with Crippen LogP contribution in [0.1, 0.15) is 13.3 Å². The number of hydrogen-bond acceptors (Lipinski definition) is 4. The van der Waals surface area contributed by atoms with Gasteiger partial charge in [0.15, 0.2) is 0 Å². The zero-order valence-corrected chi connectivity index (χ0v) is 10.6. The highest BCUT2D eigenvalue weighted by atomic mass is 16.5. The minimum atomic E-state index is -0.0144. The predicted molar refractivity (Wildman–Crippen MR) is 65.8 cm³/mol. The summed E-state index contributed by atoms with van der Waals surface area (Å²) in [4.78, 5) is 14.2. The third-order valence-electron chi connectivity index (χ3n) is 3.67. The Labute approximate surface area is 103 Å². The van der Waals surface area contributed by atoms with Gasteiger partial charge >= 0.3 is 0 Å². The molecule has 0 saturated carbocycles. The standard InChI is InChI=1S/C12H23N3O2/c1-10(15-5-3-13-4-6-15)12(16)14-8-11-2-7-17-9-11/h10-11,13H,2-9H2,1H3,(H,14,16). The molecular weight excluding hydrogens is 218 g/mol. The first-order chi connectivity index (χ1) is 8.27. The van der Waals surface area contributed by atoms with Crippen LogP contribution in [0.2, 0.25) is 0 Å². The molecule has 98 valence electrons. The second-order valence-electron chi connectivity index (χ2n) is 4.94. The summed E-state index contributed by atoms with van der Waals surface area (Å²) in [6.07, 6.45) is 1.07. The lowest BCUT2D eigenvalue weighted by Gasteiger charge is -2.32. The molecule has 2 atom stereocenters. The number of nitrogens with one attached hydrogen (secondary N) is 2. The van der Waals surface area contributed by atoms with E-state index in [4.69, 9.17) is 4.74 Å². The van der Waals surface area contributed by atoms with Crippen LogP contribution in [0.15, 0.2) is 0 Å². The fraction of sp³-hybridized carbons (Fsp3) is 0.917. The fourth-order valence-electron chi connectivity index (χ4n) is 2.37. The van der Waals surface area contributed by atoms with Crippen LogP contribution in [0, 0.1) is 5.92 Å². The average Bonchev–Trinajstić information content (AvgIpc) is 2.89. The number of nitrogens with zero attached hydrogens (tertiary/aromatic N) is 1. The molecule has 2 heterocycles. The van der Waals surface area contributed by atoms with E-state index in [2.05, 4.69) is 15.5 Å². The molecule has 0 aromatic rings. The maximum absolute atomic E-state index is 12.0. The van der Waals surface area contributed by atoms with Gasteiger partial charge in [0.05, 0.1) is 12.6 Å². The highest BCUT2D eigenvalue weighted by Crippen LogP contribution is 2.11. The molecule has 17 heavy (non-hydrogen) atoms. The van der Waals surface area contributed by atoms with Crippen molar-refractivity contribution >= 4 is 5.91 Å². The molecule has 2 saturated heterocycles. The maximum Gasteiger partial charge on any atom is 0.237 e. The molecule has 0 aliphatic carbocycles. The van der Waals surface area contributed by atoms with Crippen LogP contribution in [0.4, 0.5) is 0 Å². The van der Waals surface area contributed by atoms with Gasteiger partial charge in [-0.2, -0.15) is 0 Å². The SMILES string of the molecule is CC(C(=O)NCC1CCOC1)N1CCNCC1. The quantitative estimate of drug-likeness (QED) is 0.692. The molecule has 2 N–H and O–H groups in total. The van der Waals surface area contributed by atoms with Gasteiger partial charge in [0.25, 0.3) is 0 Å². The zero-order chi connectivity index (χ0) is 12.1. The molecular formula is C12H23N3O2. The van der Waals surface area contributed by atoms with Gasteiger partial charge in [-0.3, -0.25) is 9.69 Å². The van der Waals surface area contributed by atoms with Crippen molar-refractivity contribution in [3.63, 3.8) is 0 Å². The van der Waals surface area contributed by atoms with Crippen molar-refractivity contribution in [3.05, 3.63) is 0 Å². The lowest BCUT2D eigenvalue weighted by molar-refractivity contribution is -0.126. The van der Waals surface area contributed by atoms with E-state index >= 15 is 0 Å². The van der Waals surface area contributed by atoms with Gasteiger partial charge in [0.2, 0.25) is 5.91 Å². The van der Waals surface area contributed by atoms with E-state index in [1.54, 1.807) is 0 Å². The van der Waals surface area contributed by atoms with Crippen LogP contribution in [-0.4, -0.2) is 62.8 Å². The third-order valence-corrected chi connectivity index (χ3v) is 3.67. The zero-order valence-electron chi connectivity index (χ0n) is 10.6. The monoisotopic (exact) mass is 241 g/mol. The van der Waals surface area contributed by atoms with Gasteiger partial charge in [-0.25, -0.2) is 0 Å². The summed E-state index contributed by atoms with van der Waals surface area (Å²) in [7, 11) is 0. The number of hydrogen-bond donors (Lipinski definition) is 2. The summed E-state index contributed by atoms with van der Waals surface area (Å²) >= 11 is 0. The van der Waals surface area contributed by atoms with E-state index in [-0.39, 0.29) is 11.9 Å². The first kappa shape index (κ1) is 12.8. The summed E-state index contributed by atoms with van der Waals surface area (Å²) < 4.78 is 5.30. The predicted octanol–water partition coefficient (Wildman–Crippen LogP) is -0.567. The Morgan fingerprint density at radius 3 is 2.94 bits per heavy atom. The van der Waals surface area contributed by atoms with Crippen molar-refractivity contribution in [2.24, 2.45) is 5.92 Å². The molecule has 5 heteroatoms. The third kappa shape index (κ3) is 3.66. The molecule has 2 fully saturated rings. The Bertz CT molecular complexity index is 248. The van der Waals surface area contributed by atoms with Crippen LogP contribution in [0.5, 0.6) is 0 Å². The highest BCUT2D eigenvalue weighted by molar-refractivity contribution is 5.81. The minimum Gasteiger partial charge on any atom is -0.381 e. The van der Waals surface area contributed by atoms with Crippen LogP contribution >= 0.6 is 0 Å². The largest absolute Gasteiger partial charge is 0.381 e. The smallest absolute Gasteiger partial charge is 0.237 e. The van der Waals surface area contributed by atoms with E-state index in [0.29, 0.717) is 5.92 Å². The van der Waals surface area contributed by atoms with Gasteiger partial charge in [-0.15, -0.1) is 0 Å². The molecule has 2 aliphatic rings. The van der Waals surface area contributed by atoms with E-state index in [9.17, 15) is 4.79 Å². The molecule has 0 aromatic carbocycles. The summed E-state index contributed by atoms with van der Waals surface area (Å²) in [5.41, 5.74) is 0. The molecule has 0 radical (unpaired) electrons. The van der Waals surface area contributed by atoms with Gasteiger partial charge in [0.1, 0.15) is 0 Å². The summed E-state index contributed by atoms with van der Waals surface area (Å²) in [5, 5.41) is 6.34. The second-order valence-corrected chi connectivity index (χ2v) is 4.94. The van der Waals surface area contributed by atoms with E-state index in [0.717, 1.165) is 52.4 Å². The van der Waals surface area contributed by atoms with Gasteiger partial charge in [-0.1, -0.05) is 0 Å². The first-order valence-corrected chi connectivity index (χ1v) is 6.57. The normalized spacial score (nSPS) is 27.9. The molecule has 2 rings (SSSR count). The number of ether oxygens (including phenoxy) is 1. The average molecular weight is 241 g/mol. The van der Waals surface area contributed by atoms with E-state index < -0.39 is 0 Å². The van der Waals surface area contributed by atoms with Crippen molar-refractivity contribution in [2.45, 2.75) is 19.4 Å². The van der Waals surface area contributed by atoms with Gasteiger partial charge < -0.3 is 15.4 Å². The summed E-state index contributed by atoms with van der Waals surface area (Å²) in [6, 6.07) is -0.0144. The van der Waals surface area contributed by atoms with E-state index in [1.165, 1.54) is 0 Å². The summed E-state index contributed by atoms with van der Waals surface area (Å²) in [5.74, 6) is 0.660. The van der Waals surface area contributed by atoms with Gasteiger partial charge in [0, 0.05) is 45.2 Å². The maximum atomic E-state index is 12.0. The Kier molecular flexibility index (Phi) is 4.76. The molecule has 0 aromatic heterocycles. The number of carbonyl (C=O) groups excluding carboxylic acids is 1. The minimum absolute atomic E-state index is 0.0144. The highest BCUT2D eigenvalue weighted by Gasteiger charge is 2.23. The Morgan fingerprint density at radius 2 is 2.29 bits per heavy atom.